The molecule has 32 heavy (non-hydrogen) atoms. The van der Waals surface area contributed by atoms with Crippen molar-refractivity contribution in [1.82, 2.24) is 9.29 Å². The van der Waals surface area contributed by atoms with Crippen LogP contribution in [0.5, 0.6) is 0 Å². The number of nitrogens with one attached hydrogen (secondary N) is 3. The van der Waals surface area contributed by atoms with Crippen LogP contribution >= 0.6 is 0 Å². The molecule has 1 aliphatic rings. The molecule has 1 aliphatic heterocycles. The van der Waals surface area contributed by atoms with E-state index in [1.807, 2.05) is 30.3 Å². The summed E-state index contributed by atoms with van der Waals surface area (Å²) in [6.45, 7) is 0. The lowest BCUT2D eigenvalue weighted by Crippen LogP contribution is -2.34. The minimum absolute atomic E-state index is 0.130. The lowest BCUT2D eigenvalue weighted by Gasteiger charge is -2.19. The second kappa shape index (κ2) is 8.74. The van der Waals surface area contributed by atoms with E-state index in [9.17, 15) is 13.7 Å². The Bertz CT molecular complexity index is 1280. The summed E-state index contributed by atoms with van der Waals surface area (Å²) in [5.41, 5.74) is 2.50. The number of aromatic nitrogens is 1. The van der Waals surface area contributed by atoms with Crippen LogP contribution in [0.4, 0.5) is 10.1 Å². The molecule has 2 unspecified atom stereocenters. The number of nitrogens with zero attached hydrogens (tertiary/aromatic N) is 2. The quantitative estimate of drug-likeness (QED) is 0.442. The zero-order chi connectivity index (χ0) is 22.9. The monoisotopic (exact) mass is 453 g/mol. The summed E-state index contributed by atoms with van der Waals surface area (Å²) in [6.07, 6.45) is 2.26. The van der Waals surface area contributed by atoms with Gasteiger partial charge in [0.15, 0.2) is 6.23 Å². The molecule has 4 N–H and O–H groups in total. The summed E-state index contributed by atoms with van der Waals surface area (Å²) < 4.78 is 40.1. The Hall–Kier alpha value is -3.19. The molecule has 0 fully saturated rings. The fraction of sp³-hybridized carbons (Fsp3) is 0.261. The molecule has 7 nitrogen and oxygen atoms in total. The lowest BCUT2D eigenvalue weighted by molar-refractivity contribution is 0.198. The SMILES string of the molecule is Cn1cc2c(c1C(O)Nc1ccc(F)c(C#N)c1)CC[C@H](Cc1ccccc1)NS2(=N)=O. The molecule has 0 saturated carbocycles. The summed E-state index contributed by atoms with van der Waals surface area (Å²) in [6, 6.07) is 15.4. The number of aliphatic hydroxyl groups is 1. The molecule has 3 aromatic rings. The molecule has 0 amide bonds. The number of hydrogen-bond donors (Lipinski definition) is 4. The third-order valence-electron chi connectivity index (χ3n) is 5.66. The molecule has 2 aromatic carbocycles. The Kier molecular flexibility index (Phi) is 6.02. The maximum absolute atomic E-state index is 13.6. The number of anilines is 1. The van der Waals surface area contributed by atoms with Crippen LogP contribution in [0.25, 0.3) is 0 Å². The van der Waals surface area contributed by atoms with Gasteiger partial charge in [-0.2, -0.15) is 5.26 Å². The van der Waals surface area contributed by atoms with E-state index in [1.54, 1.807) is 23.9 Å². The van der Waals surface area contributed by atoms with Crippen molar-refractivity contribution in [2.24, 2.45) is 7.05 Å². The molecule has 9 heteroatoms. The van der Waals surface area contributed by atoms with Crippen molar-refractivity contribution in [1.29, 1.82) is 10.0 Å². The van der Waals surface area contributed by atoms with E-state index in [0.717, 1.165) is 11.6 Å². The van der Waals surface area contributed by atoms with Crippen LogP contribution in [0.1, 0.15) is 35.0 Å². The van der Waals surface area contributed by atoms with Gasteiger partial charge in [0.1, 0.15) is 21.8 Å². The summed E-state index contributed by atoms with van der Waals surface area (Å²) >= 11 is 0. The molecular weight excluding hydrogens is 429 g/mol. The topological polar surface area (TPSA) is 114 Å². The van der Waals surface area contributed by atoms with Crippen molar-refractivity contribution in [3.8, 4) is 6.07 Å². The first-order chi connectivity index (χ1) is 15.3. The van der Waals surface area contributed by atoms with Gasteiger partial charge in [0.25, 0.3) is 0 Å². The molecule has 0 bridgehead atoms. The highest BCUT2D eigenvalue weighted by Gasteiger charge is 2.31. The number of aryl methyl sites for hydroxylation is 1. The molecule has 3 atom stereocenters. The van der Waals surface area contributed by atoms with Crippen molar-refractivity contribution >= 4 is 15.6 Å². The highest BCUT2D eigenvalue weighted by Crippen LogP contribution is 2.32. The van der Waals surface area contributed by atoms with Crippen LogP contribution in [-0.4, -0.2) is 19.9 Å². The van der Waals surface area contributed by atoms with Gasteiger partial charge in [-0.05, 0) is 48.6 Å². The first-order valence-corrected chi connectivity index (χ1v) is 11.8. The van der Waals surface area contributed by atoms with E-state index in [2.05, 4.69) is 10.0 Å². The van der Waals surface area contributed by atoms with Gasteiger partial charge in [-0.1, -0.05) is 30.3 Å². The second-order valence-corrected chi connectivity index (χ2v) is 9.71. The van der Waals surface area contributed by atoms with Crippen molar-refractivity contribution in [3.63, 3.8) is 0 Å². The van der Waals surface area contributed by atoms with Gasteiger partial charge in [0.2, 0.25) is 0 Å². The second-order valence-electron chi connectivity index (χ2n) is 7.92. The molecule has 2 heterocycles. The number of halogens is 1. The summed E-state index contributed by atoms with van der Waals surface area (Å²) in [7, 11) is -1.56. The van der Waals surface area contributed by atoms with Gasteiger partial charge in [0, 0.05) is 25.0 Å². The van der Waals surface area contributed by atoms with Crippen LogP contribution in [0.2, 0.25) is 0 Å². The van der Waals surface area contributed by atoms with Gasteiger partial charge < -0.3 is 15.0 Å². The third-order valence-corrected chi connectivity index (χ3v) is 7.29. The zero-order valence-corrected chi connectivity index (χ0v) is 18.3. The average molecular weight is 454 g/mol. The molecule has 0 spiro atoms. The van der Waals surface area contributed by atoms with E-state index in [0.29, 0.717) is 41.1 Å². The molecule has 0 radical (unpaired) electrons. The van der Waals surface area contributed by atoms with Crippen molar-refractivity contribution < 1.29 is 13.7 Å². The molecule has 4 rings (SSSR count). The van der Waals surface area contributed by atoms with Gasteiger partial charge in [-0.15, -0.1) is 0 Å². The highest BCUT2D eigenvalue weighted by molar-refractivity contribution is 7.90. The highest BCUT2D eigenvalue weighted by atomic mass is 32.2. The predicted octanol–water partition coefficient (Wildman–Crippen LogP) is 3.61. The standard InChI is InChI=1S/C23H24FN5O2S/c1-29-14-21-19(22(29)23(30)27-17-8-10-20(24)16(12-17)13-25)9-7-18(28-32(21,26)31)11-15-5-3-2-4-6-15/h2-6,8,10,12,14,18,23,27,30H,7,9,11H2,1H3,(H2,26,28,31)/t18-,23?,32?/m1/s1. The van der Waals surface area contributed by atoms with Crippen LogP contribution in [0.3, 0.4) is 0 Å². The third kappa shape index (κ3) is 4.39. The first-order valence-electron chi connectivity index (χ1n) is 10.2. The minimum atomic E-state index is -3.27. The Morgan fingerprint density at radius 3 is 2.84 bits per heavy atom. The molecular formula is C23H24FN5O2S. The van der Waals surface area contributed by atoms with E-state index in [1.165, 1.54) is 12.1 Å². The molecule has 0 aliphatic carbocycles. The molecule has 0 saturated heterocycles. The van der Waals surface area contributed by atoms with Gasteiger partial charge in [-0.25, -0.2) is 18.1 Å². The van der Waals surface area contributed by atoms with Crippen molar-refractivity contribution in [3.05, 3.63) is 82.9 Å². The lowest BCUT2D eigenvalue weighted by atomic mass is 9.99. The van der Waals surface area contributed by atoms with Crippen molar-refractivity contribution in [2.75, 3.05) is 5.32 Å². The van der Waals surface area contributed by atoms with E-state index >= 15 is 0 Å². The maximum atomic E-state index is 13.6. The number of aliphatic hydroxyl groups excluding tert-OH is 1. The van der Waals surface area contributed by atoms with Crippen molar-refractivity contribution in [2.45, 2.75) is 36.4 Å². The summed E-state index contributed by atoms with van der Waals surface area (Å²) in [5, 5.41) is 22.8. The predicted molar refractivity (Wildman–Crippen MR) is 120 cm³/mol. The molecule has 166 valence electrons. The van der Waals surface area contributed by atoms with E-state index in [-0.39, 0.29) is 11.6 Å². The number of hydrogen-bond acceptors (Lipinski definition) is 5. The fourth-order valence-electron chi connectivity index (χ4n) is 4.16. The van der Waals surface area contributed by atoms with Crippen LogP contribution in [0.15, 0.2) is 59.6 Å². The van der Waals surface area contributed by atoms with E-state index in [4.69, 9.17) is 10.0 Å². The first kappa shape index (κ1) is 22.0. The average Bonchev–Trinajstić information content (AvgIpc) is 3.05. The zero-order valence-electron chi connectivity index (χ0n) is 17.5. The van der Waals surface area contributed by atoms with Crippen LogP contribution in [-0.2, 0) is 29.8 Å². The van der Waals surface area contributed by atoms with Gasteiger partial charge in [0.05, 0.1) is 16.2 Å². The Balaban J connectivity index is 1.61. The van der Waals surface area contributed by atoms with Gasteiger partial charge in [-0.3, -0.25) is 0 Å². The van der Waals surface area contributed by atoms with Crippen LogP contribution < -0.4 is 10.0 Å². The fourth-order valence-corrected chi connectivity index (χ4v) is 5.82. The normalized spacial score (nSPS) is 21.2. The van der Waals surface area contributed by atoms with Gasteiger partial charge >= 0.3 is 0 Å². The maximum Gasteiger partial charge on any atom is 0.166 e. The number of fused-ring (bicyclic) bond motifs is 1. The number of benzene rings is 2. The number of rotatable bonds is 5. The smallest absolute Gasteiger partial charge is 0.166 e. The number of nitriles is 1. The Morgan fingerprint density at radius 1 is 1.38 bits per heavy atom. The summed E-state index contributed by atoms with van der Waals surface area (Å²) in [5.74, 6) is -0.634. The minimum Gasteiger partial charge on any atom is -0.368 e. The molecule has 1 aromatic heterocycles. The van der Waals surface area contributed by atoms with Crippen LogP contribution in [0, 0.1) is 21.9 Å². The Morgan fingerprint density at radius 2 is 2.12 bits per heavy atom. The largest absolute Gasteiger partial charge is 0.368 e. The summed E-state index contributed by atoms with van der Waals surface area (Å²) in [4.78, 5) is 0.364. The Labute approximate surface area is 186 Å². The van der Waals surface area contributed by atoms with E-state index < -0.39 is 22.0 Å².